The standard InChI is InChI=1S/C13H22N4O2/c1-10(9-17-7-4-6-14-17)15-13(18)16-11(2)12-5-3-8-19-12/h4,6-7,10-12H,3,5,8-9H2,1-2H3,(H2,15,16,18)/t10-,11+,12+/m1/s1. The fourth-order valence-corrected chi connectivity index (χ4v) is 2.30. The van der Waals surface area contributed by atoms with Gasteiger partial charge in [-0.15, -0.1) is 0 Å². The highest BCUT2D eigenvalue weighted by molar-refractivity contribution is 5.74. The summed E-state index contributed by atoms with van der Waals surface area (Å²) in [5, 5.41) is 9.95. The summed E-state index contributed by atoms with van der Waals surface area (Å²) in [7, 11) is 0. The molecule has 1 saturated heterocycles. The molecule has 2 heterocycles. The number of rotatable bonds is 5. The third-order valence-corrected chi connectivity index (χ3v) is 3.28. The molecule has 0 spiro atoms. The highest BCUT2D eigenvalue weighted by Gasteiger charge is 2.23. The van der Waals surface area contributed by atoms with Gasteiger partial charge in [0.2, 0.25) is 0 Å². The summed E-state index contributed by atoms with van der Waals surface area (Å²) in [6, 6.07) is 1.78. The first kappa shape index (κ1) is 13.9. The van der Waals surface area contributed by atoms with E-state index in [0.29, 0.717) is 6.54 Å². The van der Waals surface area contributed by atoms with Crippen LogP contribution < -0.4 is 10.6 Å². The van der Waals surface area contributed by atoms with Crippen molar-refractivity contribution in [2.45, 2.75) is 51.4 Å². The number of urea groups is 1. The van der Waals surface area contributed by atoms with E-state index >= 15 is 0 Å². The van der Waals surface area contributed by atoms with Gasteiger partial charge in [0.25, 0.3) is 0 Å². The number of hydrogen-bond donors (Lipinski definition) is 2. The summed E-state index contributed by atoms with van der Waals surface area (Å²) >= 11 is 0. The van der Waals surface area contributed by atoms with E-state index in [0.717, 1.165) is 19.4 Å². The lowest BCUT2D eigenvalue weighted by atomic mass is 10.1. The molecule has 0 saturated carbocycles. The van der Waals surface area contributed by atoms with Crippen LogP contribution >= 0.6 is 0 Å². The zero-order valence-corrected chi connectivity index (χ0v) is 11.5. The molecular weight excluding hydrogens is 244 g/mol. The molecule has 2 rings (SSSR count). The number of aromatic nitrogens is 2. The van der Waals surface area contributed by atoms with Crippen LogP contribution in [0.5, 0.6) is 0 Å². The highest BCUT2D eigenvalue weighted by Crippen LogP contribution is 2.15. The van der Waals surface area contributed by atoms with Crippen LogP contribution in [0.2, 0.25) is 0 Å². The number of nitrogens with one attached hydrogen (secondary N) is 2. The summed E-state index contributed by atoms with van der Waals surface area (Å²) in [4.78, 5) is 11.8. The maximum atomic E-state index is 11.8. The molecule has 6 heteroatoms. The van der Waals surface area contributed by atoms with E-state index in [9.17, 15) is 4.79 Å². The van der Waals surface area contributed by atoms with Crippen molar-refractivity contribution in [1.29, 1.82) is 0 Å². The second-order valence-corrected chi connectivity index (χ2v) is 5.09. The van der Waals surface area contributed by atoms with E-state index in [-0.39, 0.29) is 24.2 Å². The average molecular weight is 266 g/mol. The number of carbonyl (C=O) groups excluding carboxylic acids is 1. The van der Waals surface area contributed by atoms with Crippen LogP contribution in [0, 0.1) is 0 Å². The molecule has 0 aliphatic carbocycles. The third kappa shape index (κ3) is 4.24. The molecule has 0 radical (unpaired) electrons. The zero-order chi connectivity index (χ0) is 13.7. The first-order valence-electron chi connectivity index (χ1n) is 6.81. The van der Waals surface area contributed by atoms with Gasteiger partial charge in [-0.1, -0.05) is 0 Å². The van der Waals surface area contributed by atoms with Crippen molar-refractivity contribution >= 4 is 6.03 Å². The Morgan fingerprint density at radius 3 is 3.00 bits per heavy atom. The van der Waals surface area contributed by atoms with Gasteiger partial charge in [-0.05, 0) is 32.8 Å². The van der Waals surface area contributed by atoms with Gasteiger partial charge in [-0.3, -0.25) is 4.68 Å². The minimum absolute atomic E-state index is 0.0246. The molecule has 19 heavy (non-hydrogen) atoms. The molecule has 1 aliphatic heterocycles. The van der Waals surface area contributed by atoms with Gasteiger partial charge in [0, 0.05) is 25.0 Å². The van der Waals surface area contributed by atoms with Gasteiger partial charge < -0.3 is 15.4 Å². The monoisotopic (exact) mass is 266 g/mol. The predicted octanol–water partition coefficient (Wildman–Crippen LogP) is 1.14. The Labute approximate surface area is 113 Å². The van der Waals surface area contributed by atoms with Crippen LogP contribution in [0.4, 0.5) is 4.79 Å². The van der Waals surface area contributed by atoms with E-state index in [2.05, 4.69) is 15.7 Å². The second kappa shape index (κ2) is 6.56. The number of hydrogen-bond acceptors (Lipinski definition) is 3. The molecule has 2 amide bonds. The zero-order valence-electron chi connectivity index (χ0n) is 11.5. The smallest absolute Gasteiger partial charge is 0.315 e. The van der Waals surface area contributed by atoms with Gasteiger partial charge in [0.15, 0.2) is 0 Å². The minimum Gasteiger partial charge on any atom is -0.376 e. The fraction of sp³-hybridized carbons (Fsp3) is 0.692. The largest absolute Gasteiger partial charge is 0.376 e. The minimum atomic E-state index is -0.150. The van der Waals surface area contributed by atoms with Gasteiger partial charge in [-0.2, -0.15) is 5.10 Å². The van der Waals surface area contributed by atoms with Crippen molar-refractivity contribution in [1.82, 2.24) is 20.4 Å². The number of nitrogens with zero attached hydrogens (tertiary/aromatic N) is 2. The molecule has 0 unspecified atom stereocenters. The maximum absolute atomic E-state index is 11.8. The Morgan fingerprint density at radius 2 is 2.37 bits per heavy atom. The molecule has 6 nitrogen and oxygen atoms in total. The number of ether oxygens (including phenoxy) is 1. The van der Waals surface area contributed by atoms with E-state index < -0.39 is 0 Å². The van der Waals surface area contributed by atoms with Gasteiger partial charge in [0.05, 0.1) is 18.7 Å². The Hall–Kier alpha value is -1.56. The molecule has 106 valence electrons. The molecule has 1 aromatic rings. The summed E-state index contributed by atoms with van der Waals surface area (Å²) in [6.07, 6.45) is 5.85. The fourth-order valence-electron chi connectivity index (χ4n) is 2.30. The highest BCUT2D eigenvalue weighted by atomic mass is 16.5. The van der Waals surface area contributed by atoms with Gasteiger partial charge >= 0.3 is 6.03 Å². The first-order chi connectivity index (χ1) is 9.15. The molecule has 1 aromatic heterocycles. The Morgan fingerprint density at radius 1 is 1.53 bits per heavy atom. The van der Waals surface area contributed by atoms with Gasteiger partial charge in [-0.25, -0.2) is 4.79 Å². The molecular formula is C13H22N4O2. The Balaban J connectivity index is 1.71. The molecule has 1 fully saturated rings. The van der Waals surface area contributed by atoms with Crippen molar-refractivity contribution < 1.29 is 9.53 Å². The lowest BCUT2D eigenvalue weighted by Crippen LogP contribution is -2.49. The molecule has 3 atom stereocenters. The van der Waals surface area contributed by atoms with Crippen molar-refractivity contribution in [2.24, 2.45) is 0 Å². The Bertz CT molecular complexity index is 387. The first-order valence-corrected chi connectivity index (χ1v) is 6.81. The van der Waals surface area contributed by atoms with Crippen LogP contribution in [0.25, 0.3) is 0 Å². The summed E-state index contributed by atoms with van der Waals surface area (Å²) < 4.78 is 7.35. The lowest BCUT2D eigenvalue weighted by Gasteiger charge is -2.22. The molecule has 2 N–H and O–H groups in total. The summed E-state index contributed by atoms with van der Waals surface area (Å²) in [5.74, 6) is 0. The molecule has 1 aliphatic rings. The number of amides is 2. The van der Waals surface area contributed by atoms with Crippen molar-refractivity contribution in [2.75, 3.05) is 6.61 Å². The average Bonchev–Trinajstić information content (AvgIpc) is 3.00. The normalized spacial score (nSPS) is 21.9. The topological polar surface area (TPSA) is 68.2 Å². The van der Waals surface area contributed by atoms with Crippen LogP contribution in [-0.2, 0) is 11.3 Å². The van der Waals surface area contributed by atoms with E-state index in [1.807, 2.05) is 26.1 Å². The summed E-state index contributed by atoms with van der Waals surface area (Å²) in [6.45, 7) is 5.40. The van der Waals surface area contributed by atoms with Crippen LogP contribution in [-0.4, -0.2) is 40.6 Å². The number of carbonyl (C=O) groups is 1. The second-order valence-electron chi connectivity index (χ2n) is 5.09. The van der Waals surface area contributed by atoms with Crippen LogP contribution in [0.15, 0.2) is 18.5 Å². The van der Waals surface area contributed by atoms with Gasteiger partial charge in [0.1, 0.15) is 0 Å². The molecule has 0 bridgehead atoms. The van der Waals surface area contributed by atoms with Crippen LogP contribution in [0.3, 0.4) is 0 Å². The summed E-state index contributed by atoms with van der Waals surface area (Å²) in [5.41, 5.74) is 0. The molecule has 0 aromatic carbocycles. The Kier molecular flexibility index (Phi) is 4.79. The third-order valence-electron chi connectivity index (χ3n) is 3.28. The lowest BCUT2D eigenvalue weighted by molar-refractivity contribution is 0.0858. The van der Waals surface area contributed by atoms with Crippen LogP contribution in [0.1, 0.15) is 26.7 Å². The SMILES string of the molecule is C[C@H](Cn1cccn1)NC(=O)N[C@@H](C)[C@@H]1CCCO1. The van der Waals surface area contributed by atoms with E-state index in [1.165, 1.54) is 0 Å². The van der Waals surface area contributed by atoms with E-state index in [4.69, 9.17) is 4.74 Å². The van der Waals surface area contributed by atoms with Crippen molar-refractivity contribution in [3.8, 4) is 0 Å². The van der Waals surface area contributed by atoms with E-state index in [1.54, 1.807) is 10.9 Å². The maximum Gasteiger partial charge on any atom is 0.315 e. The van der Waals surface area contributed by atoms with Crippen molar-refractivity contribution in [3.63, 3.8) is 0 Å². The quantitative estimate of drug-likeness (QED) is 0.839. The van der Waals surface area contributed by atoms with Crippen molar-refractivity contribution in [3.05, 3.63) is 18.5 Å². The predicted molar refractivity (Wildman–Crippen MR) is 71.8 cm³/mol.